The topological polar surface area (TPSA) is 30.7 Å². The number of benzene rings is 1. The van der Waals surface area contributed by atoms with Crippen LogP contribution in [0.15, 0.2) is 40.9 Å². The van der Waals surface area contributed by atoms with Gasteiger partial charge in [-0.15, -0.1) is 21.5 Å². The van der Waals surface area contributed by atoms with E-state index in [0.29, 0.717) is 22.4 Å². The van der Waals surface area contributed by atoms with Crippen molar-refractivity contribution in [1.29, 1.82) is 0 Å². The highest BCUT2D eigenvalue weighted by atomic mass is 32.2. The van der Waals surface area contributed by atoms with Crippen LogP contribution in [0.2, 0.25) is 0 Å². The molecule has 1 aromatic carbocycles. The van der Waals surface area contributed by atoms with Crippen LogP contribution in [0.5, 0.6) is 0 Å². The molecule has 0 spiro atoms. The molecule has 0 unspecified atom stereocenters. The second kappa shape index (κ2) is 8.29. The molecule has 8 heteroatoms. The highest BCUT2D eigenvalue weighted by Crippen LogP contribution is 2.34. The lowest BCUT2D eigenvalue weighted by atomic mass is 10.1. The molecular formula is C20H22F3N3S2. The fourth-order valence-electron chi connectivity index (χ4n) is 2.80. The Balaban J connectivity index is 1.84. The number of hydrogen-bond acceptors (Lipinski definition) is 4. The molecule has 28 heavy (non-hydrogen) atoms. The zero-order valence-corrected chi connectivity index (χ0v) is 17.8. The van der Waals surface area contributed by atoms with Crippen LogP contribution >= 0.6 is 23.1 Å². The maximum Gasteiger partial charge on any atom is 0.416 e. The summed E-state index contributed by atoms with van der Waals surface area (Å²) in [4.78, 5) is 1.28. The summed E-state index contributed by atoms with van der Waals surface area (Å²) in [6, 6.07) is 7.70. The molecule has 0 saturated carbocycles. The predicted molar refractivity (Wildman–Crippen MR) is 109 cm³/mol. The minimum atomic E-state index is -4.33. The first-order valence-corrected chi connectivity index (χ1v) is 10.9. The molecule has 0 N–H and O–H groups in total. The van der Waals surface area contributed by atoms with Crippen molar-refractivity contribution in [3.8, 4) is 11.4 Å². The molecule has 0 amide bonds. The van der Waals surface area contributed by atoms with E-state index in [-0.39, 0.29) is 6.04 Å². The maximum absolute atomic E-state index is 12.9. The molecule has 0 saturated heterocycles. The van der Waals surface area contributed by atoms with Gasteiger partial charge >= 0.3 is 6.18 Å². The quantitative estimate of drug-likeness (QED) is 0.398. The molecule has 2 aromatic heterocycles. The average Bonchev–Trinajstić information content (AvgIpc) is 3.26. The van der Waals surface area contributed by atoms with Gasteiger partial charge in [0.15, 0.2) is 11.0 Å². The average molecular weight is 426 g/mol. The summed E-state index contributed by atoms with van der Waals surface area (Å²) in [5, 5.41) is 11.5. The number of rotatable bonds is 6. The number of thiophene rings is 1. The molecule has 2 heterocycles. The number of nitrogens with zero attached hydrogens (tertiary/aromatic N) is 3. The van der Waals surface area contributed by atoms with Gasteiger partial charge in [0, 0.05) is 27.6 Å². The van der Waals surface area contributed by atoms with E-state index in [0.717, 1.165) is 17.5 Å². The van der Waals surface area contributed by atoms with E-state index in [9.17, 15) is 13.2 Å². The standard InChI is InChI=1S/C20H22F3N3S2/c1-12(2)17-9-15(11-27-17)18-24-25-19(26(18)13(3)4)28-10-14-6-5-7-16(8-14)20(21,22)23/h5-9,11-13H,10H2,1-4H3. The van der Waals surface area contributed by atoms with Crippen LogP contribution in [-0.2, 0) is 11.9 Å². The zero-order valence-electron chi connectivity index (χ0n) is 16.1. The normalized spacial score (nSPS) is 12.3. The predicted octanol–water partition coefficient (Wildman–Crippen LogP) is 7.02. The summed E-state index contributed by atoms with van der Waals surface area (Å²) < 4.78 is 40.8. The van der Waals surface area contributed by atoms with Gasteiger partial charge in [0.25, 0.3) is 0 Å². The van der Waals surface area contributed by atoms with Crippen LogP contribution in [-0.4, -0.2) is 14.8 Å². The lowest BCUT2D eigenvalue weighted by molar-refractivity contribution is -0.137. The number of aromatic nitrogens is 3. The van der Waals surface area contributed by atoms with Crippen LogP contribution in [0, 0.1) is 0 Å². The molecule has 150 valence electrons. The van der Waals surface area contributed by atoms with Crippen molar-refractivity contribution in [2.45, 2.75) is 56.7 Å². The number of hydrogen-bond donors (Lipinski definition) is 0. The molecule has 0 atom stereocenters. The van der Waals surface area contributed by atoms with Gasteiger partial charge in [-0.2, -0.15) is 13.2 Å². The molecule has 0 aliphatic heterocycles. The molecule has 3 rings (SSSR count). The largest absolute Gasteiger partial charge is 0.416 e. The Kier molecular flexibility index (Phi) is 6.19. The number of halogens is 3. The van der Waals surface area contributed by atoms with E-state index in [1.54, 1.807) is 17.4 Å². The van der Waals surface area contributed by atoms with Gasteiger partial charge in [-0.05, 0) is 37.5 Å². The third-order valence-electron chi connectivity index (χ3n) is 4.25. The smallest absolute Gasteiger partial charge is 0.299 e. The lowest BCUT2D eigenvalue weighted by Gasteiger charge is -2.13. The van der Waals surface area contributed by atoms with Gasteiger partial charge in [-0.25, -0.2) is 0 Å². The Labute approximate surface area is 171 Å². The highest BCUT2D eigenvalue weighted by Gasteiger charge is 2.30. The van der Waals surface area contributed by atoms with Crippen molar-refractivity contribution < 1.29 is 13.2 Å². The van der Waals surface area contributed by atoms with Crippen molar-refractivity contribution >= 4 is 23.1 Å². The molecular weight excluding hydrogens is 403 g/mol. The Morgan fingerprint density at radius 1 is 1.11 bits per heavy atom. The Hall–Kier alpha value is -1.80. The summed E-state index contributed by atoms with van der Waals surface area (Å²) in [6.45, 7) is 8.41. The maximum atomic E-state index is 12.9. The Bertz CT molecular complexity index is 942. The van der Waals surface area contributed by atoms with Crippen molar-refractivity contribution in [2.24, 2.45) is 0 Å². The van der Waals surface area contributed by atoms with Gasteiger partial charge in [-0.1, -0.05) is 43.8 Å². The van der Waals surface area contributed by atoms with E-state index in [2.05, 4.69) is 49.3 Å². The van der Waals surface area contributed by atoms with Gasteiger partial charge in [-0.3, -0.25) is 4.57 Å². The Morgan fingerprint density at radius 3 is 2.46 bits per heavy atom. The van der Waals surface area contributed by atoms with Crippen LogP contribution in [0.25, 0.3) is 11.4 Å². The molecule has 0 aliphatic rings. The van der Waals surface area contributed by atoms with Crippen LogP contribution in [0.4, 0.5) is 13.2 Å². The molecule has 3 nitrogen and oxygen atoms in total. The molecule has 3 aromatic rings. The van der Waals surface area contributed by atoms with E-state index in [4.69, 9.17) is 0 Å². The second-order valence-corrected chi connectivity index (χ2v) is 9.03. The number of thioether (sulfide) groups is 1. The van der Waals surface area contributed by atoms with E-state index >= 15 is 0 Å². The van der Waals surface area contributed by atoms with Crippen LogP contribution in [0.1, 0.15) is 55.7 Å². The van der Waals surface area contributed by atoms with Crippen molar-refractivity contribution in [3.63, 3.8) is 0 Å². The van der Waals surface area contributed by atoms with Crippen molar-refractivity contribution in [3.05, 3.63) is 51.7 Å². The number of alkyl halides is 3. The lowest BCUT2D eigenvalue weighted by Crippen LogP contribution is -2.06. The molecule has 0 radical (unpaired) electrons. The summed E-state index contributed by atoms with van der Waals surface area (Å²) in [6.07, 6.45) is -4.33. The zero-order chi connectivity index (χ0) is 20.5. The summed E-state index contributed by atoms with van der Waals surface area (Å²) in [5.41, 5.74) is 1.01. The third kappa shape index (κ3) is 4.60. The molecule has 0 bridgehead atoms. The Morgan fingerprint density at radius 2 is 1.86 bits per heavy atom. The van der Waals surface area contributed by atoms with Gasteiger partial charge in [0.05, 0.1) is 5.56 Å². The highest BCUT2D eigenvalue weighted by molar-refractivity contribution is 7.98. The van der Waals surface area contributed by atoms with Crippen LogP contribution in [0.3, 0.4) is 0 Å². The first kappa shape index (κ1) is 20.9. The molecule has 0 aliphatic carbocycles. The van der Waals surface area contributed by atoms with Crippen molar-refractivity contribution in [2.75, 3.05) is 0 Å². The van der Waals surface area contributed by atoms with Crippen LogP contribution < -0.4 is 0 Å². The second-order valence-electron chi connectivity index (χ2n) is 7.15. The van der Waals surface area contributed by atoms with Crippen molar-refractivity contribution in [1.82, 2.24) is 14.8 Å². The third-order valence-corrected chi connectivity index (χ3v) is 6.50. The first-order valence-electron chi connectivity index (χ1n) is 8.99. The summed E-state index contributed by atoms with van der Waals surface area (Å²) in [5.74, 6) is 1.64. The van der Waals surface area contributed by atoms with E-state index < -0.39 is 11.7 Å². The van der Waals surface area contributed by atoms with E-state index in [1.165, 1.54) is 28.8 Å². The first-order chi connectivity index (χ1) is 13.2. The van der Waals surface area contributed by atoms with Gasteiger partial charge in [0.2, 0.25) is 0 Å². The minimum absolute atomic E-state index is 0.136. The fraction of sp³-hybridized carbons (Fsp3) is 0.400. The van der Waals surface area contributed by atoms with Gasteiger partial charge < -0.3 is 0 Å². The summed E-state index contributed by atoms with van der Waals surface area (Å²) in [7, 11) is 0. The monoisotopic (exact) mass is 425 g/mol. The molecule has 0 fully saturated rings. The SMILES string of the molecule is CC(C)c1cc(-c2nnc(SCc3cccc(C(F)(F)F)c3)n2C(C)C)cs1. The fourth-order valence-corrected chi connectivity index (χ4v) is 4.71. The minimum Gasteiger partial charge on any atom is -0.299 e. The van der Waals surface area contributed by atoms with E-state index in [1.807, 2.05) is 4.57 Å². The summed E-state index contributed by atoms with van der Waals surface area (Å²) >= 11 is 3.10. The van der Waals surface area contributed by atoms with Gasteiger partial charge in [0.1, 0.15) is 0 Å².